The second kappa shape index (κ2) is 8.24. The van der Waals surface area contributed by atoms with Gasteiger partial charge in [0.1, 0.15) is 5.82 Å². The Morgan fingerprint density at radius 2 is 2.00 bits per heavy atom. The van der Waals surface area contributed by atoms with Crippen LogP contribution in [0.4, 0.5) is 14.9 Å². The van der Waals surface area contributed by atoms with Crippen LogP contribution < -0.4 is 10.6 Å². The van der Waals surface area contributed by atoms with Crippen molar-refractivity contribution in [3.8, 4) is 0 Å². The molecular formula is C15H21FN2O3. The number of benzene rings is 1. The van der Waals surface area contributed by atoms with Crippen molar-refractivity contribution in [2.75, 3.05) is 11.9 Å². The molecule has 6 heteroatoms. The average Bonchev–Trinajstić information content (AvgIpc) is 2.40. The molecule has 1 aromatic carbocycles. The van der Waals surface area contributed by atoms with Crippen LogP contribution in [-0.4, -0.2) is 23.7 Å². The molecule has 116 valence electrons. The second-order valence-electron chi connectivity index (χ2n) is 5.27. The third-order valence-electron chi connectivity index (χ3n) is 2.96. The molecule has 21 heavy (non-hydrogen) atoms. The Labute approximate surface area is 123 Å². The number of halogens is 1. The van der Waals surface area contributed by atoms with E-state index in [4.69, 9.17) is 5.11 Å². The van der Waals surface area contributed by atoms with Crippen molar-refractivity contribution < 1.29 is 19.1 Å². The van der Waals surface area contributed by atoms with Crippen LogP contribution in [0, 0.1) is 11.7 Å². The van der Waals surface area contributed by atoms with Crippen LogP contribution in [0.15, 0.2) is 18.2 Å². The SMILES string of the molecule is CC(C)CCCCNC(=O)Nc1cc(C(=O)O)ccc1F. The Hall–Kier alpha value is -2.11. The number of hydrogen-bond donors (Lipinski definition) is 3. The van der Waals surface area contributed by atoms with Gasteiger partial charge in [-0.25, -0.2) is 14.0 Å². The molecule has 0 heterocycles. The maximum atomic E-state index is 13.5. The molecule has 0 bridgehead atoms. The first-order valence-corrected chi connectivity index (χ1v) is 6.98. The fraction of sp³-hybridized carbons (Fsp3) is 0.467. The van der Waals surface area contributed by atoms with E-state index >= 15 is 0 Å². The molecule has 0 saturated carbocycles. The predicted molar refractivity (Wildman–Crippen MR) is 79.1 cm³/mol. The number of carboxylic acids is 1. The highest BCUT2D eigenvalue weighted by atomic mass is 19.1. The quantitative estimate of drug-likeness (QED) is 0.674. The minimum absolute atomic E-state index is 0.0800. The zero-order valence-corrected chi connectivity index (χ0v) is 12.3. The van der Waals surface area contributed by atoms with E-state index in [0.29, 0.717) is 12.5 Å². The molecule has 0 saturated heterocycles. The van der Waals surface area contributed by atoms with Crippen molar-refractivity contribution in [2.24, 2.45) is 5.92 Å². The normalized spacial score (nSPS) is 10.5. The zero-order chi connectivity index (χ0) is 15.8. The molecule has 0 aromatic heterocycles. The van der Waals surface area contributed by atoms with Gasteiger partial charge < -0.3 is 15.7 Å². The van der Waals surface area contributed by atoms with Crippen LogP contribution in [0.1, 0.15) is 43.5 Å². The fourth-order valence-electron chi connectivity index (χ4n) is 1.80. The lowest BCUT2D eigenvalue weighted by atomic mass is 10.1. The summed E-state index contributed by atoms with van der Waals surface area (Å²) in [5.41, 5.74) is -0.224. The molecule has 0 fully saturated rings. The van der Waals surface area contributed by atoms with Crippen molar-refractivity contribution in [3.05, 3.63) is 29.6 Å². The van der Waals surface area contributed by atoms with Gasteiger partial charge in [-0.1, -0.05) is 26.7 Å². The van der Waals surface area contributed by atoms with Gasteiger partial charge in [0.2, 0.25) is 0 Å². The molecule has 5 nitrogen and oxygen atoms in total. The zero-order valence-electron chi connectivity index (χ0n) is 12.3. The summed E-state index contributed by atoms with van der Waals surface area (Å²) < 4.78 is 13.5. The second-order valence-corrected chi connectivity index (χ2v) is 5.27. The van der Waals surface area contributed by atoms with E-state index in [1.165, 1.54) is 0 Å². The fourth-order valence-corrected chi connectivity index (χ4v) is 1.80. The molecule has 1 rings (SSSR count). The van der Waals surface area contributed by atoms with Crippen LogP contribution in [-0.2, 0) is 0 Å². The maximum Gasteiger partial charge on any atom is 0.335 e. The summed E-state index contributed by atoms with van der Waals surface area (Å²) in [6.45, 7) is 4.77. The smallest absolute Gasteiger partial charge is 0.335 e. The number of anilines is 1. The van der Waals surface area contributed by atoms with E-state index in [-0.39, 0.29) is 11.3 Å². The molecule has 0 aliphatic carbocycles. The summed E-state index contributed by atoms with van der Waals surface area (Å²) in [4.78, 5) is 22.4. The number of carbonyl (C=O) groups excluding carboxylic acids is 1. The number of unbranched alkanes of at least 4 members (excludes halogenated alkanes) is 1. The van der Waals surface area contributed by atoms with Gasteiger partial charge in [0.25, 0.3) is 0 Å². The average molecular weight is 296 g/mol. The Morgan fingerprint density at radius 1 is 1.29 bits per heavy atom. The van der Waals surface area contributed by atoms with Crippen LogP contribution in [0.25, 0.3) is 0 Å². The molecule has 2 amide bonds. The maximum absolute atomic E-state index is 13.5. The monoisotopic (exact) mass is 296 g/mol. The van der Waals surface area contributed by atoms with Crippen molar-refractivity contribution in [2.45, 2.75) is 33.1 Å². The number of amides is 2. The van der Waals surface area contributed by atoms with Crippen molar-refractivity contribution in [1.82, 2.24) is 5.32 Å². The van der Waals surface area contributed by atoms with E-state index in [1.807, 2.05) is 0 Å². The Balaban J connectivity index is 2.44. The largest absolute Gasteiger partial charge is 0.478 e. The Bertz CT molecular complexity index is 504. The van der Waals surface area contributed by atoms with E-state index < -0.39 is 17.8 Å². The summed E-state index contributed by atoms with van der Waals surface area (Å²) >= 11 is 0. The van der Waals surface area contributed by atoms with Gasteiger partial charge in [0.05, 0.1) is 11.3 Å². The first-order valence-electron chi connectivity index (χ1n) is 6.98. The van der Waals surface area contributed by atoms with E-state index in [9.17, 15) is 14.0 Å². The number of rotatable bonds is 7. The van der Waals surface area contributed by atoms with Crippen LogP contribution >= 0.6 is 0 Å². The molecule has 0 unspecified atom stereocenters. The number of urea groups is 1. The molecule has 0 atom stereocenters. The van der Waals surface area contributed by atoms with Gasteiger partial charge in [-0.15, -0.1) is 0 Å². The Morgan fingerprint density at radius 3 is 2.62 bits per heavy atom. The minimum atomic E-state index is -1.17. The summed E-state index contributed by atoms with van der Waals surface area (Å²) in [6, 6.07) is 2.71. The van der Waals surface area contributed by atoms with Crippen molar-refractivity contribution in [3.63, 3.8) is 0 Å². The number of nitrogens with one attached hydrogen (secondary N) is 2. The number of hydrogen-bond acceptors (Lipinski definition) is 2. The molecule has 0 radical (unpaired) electrons. The van der Waals surface area contributed by atoms with E-state index in [2.05, 4.69) is 24.5 Å². The van der Waals surface area contributed by atoms with Crippen molar-refractivity contribution in [1.29, 1.82) is 0 Å². The standard InChI is InChI=1S/C15H21FN2O3/c1-10(2)5-3-4-8-17-15(21)18-13-9-11(14(19)20)6-7-12(13)16/h6-7,9-10H,3-5,8H2,1-2H3,(H,19,20)(H2,17,18,21). The first kappa shape index (κ1) is 16.9. The van der Waals surface area contributed by atoms with Gasteiger partial charge in [-0.2, -0.15) is 0 Å². The minimum Gasteiger partial charge on any atom is -0.478 e. The molecule has 0 aliphatic heterocycles. The highest BCUT2D eigenvalue weighted by molar-refractivity contribution is 5.93. The molecule has 1 aromatic rings. The highest BCUT2D eigenvalue weighted by Crippen LogP contribution is 2.16. The van der Waals surface area contributed by atoms with Gasteiger partial charge in [0, 0.05) is 6.54 Å². The molecule has 0 aliphatic rings. The Kier molecular flexibility index (Phi) is 6.65. The summed E-state index contributed by atoms with van der Waals surface area (Å²) in [5, 5.41) is 13.8. The summed E-state index contributed by atoms with van der Waals surface area (Å²) in [6.07, 6.45) is 2.96. The number of carboxylic acid groups (broad SMARTS) is 1. The first-order chi connectivity index (χ1) is 9.90. The van der Waals surface area contributed by atoms with Gasteiger partial charge >= 0.3 is 12.0 Å². The van der Waals surface area contributed by atoms with Crippen LogP contribution in [0.5, 0.6) is 0 Å². The van der Waals surface area contributed by atoms with Gasteiger partial charge in [-0.05, 0) is 30.5 Å². The summed E-state index contributed by atoms with van der Waals surface area (Å²) in [5.74, 6) is -1.21. The molecule has 0 spiro atoms. The highest BCUT2D eigenvalue weighted by Gasteiger charge is 2.10. The topological polar surface area (TPSA) is 78.4 Å². The van der Waals surface area contributed by atoms with Gasteiger partial charge in [-0.3, -0.25) is 0 Å². The number of carbonyl (C=O) groups is 2. The summed E-state index contributed by atoms with van der Waals surface area (Å²) in [7, 11) is 0. The molecular weight excluding hydrogens is 275 g/mol. The number of aromatic carboxylic acids is 1. The lowest BCUT2D eigenvalue weighted by Crippen LogP contribution is -2.30. The van der Waals surface area contributed by atoms with Crippen LogP contribution in [0.2, 0.25) is 0 Å². The van der Waals surface area contributed by atoms with Crippen LogP contribution in [0.3, 0.4) is 0 Å². The van der Waals surface area contributed by atoms with Gasteiger partial charge in [0.15, 0.2) is 0 Å². The van der Waals surface area contributed by atoms with E-state index in [1.54, 1.807) is 0 Å². The third kappa shape index (κ3) is 6.25. The third-order valence-corrected chi connectivity index (χ3v) is 2.96. The lowest BCUT2D eigenvalue weighted by molar-refractivity contribution is 0.0697. The lowest BCUT2D eigenvalue weighted by Gasteiger charge is -2.09. The predicted octanol–water partition coefficient (Wildman–Crippen LogP) is 3.47. The van der Waals surface area contributed by atoms with E-state index in [0.717, 1.165) is 37.5 Å². The van der Waals surface area contributed by atoms with Crippen molar-refractivity contribution >= 4 is 17.7 Å². The molecule has 3 N–H and O–H groups in total.